The molecule has 0 aliphatic rings. The molecule has 2 nitrogen and oxygen atoms in total. The summed E-state index contributed by atoms with van der Waals surface area (Å²) in [5.41, 5.74) is 3.84. The Bertz CT molecular complexity index is 551. The summed E-state index contributed by atoms with van der Waals surface area (Å²) < 4.78 is 1.13. The predicted octanol–water partition coefficient (Wildman–Crippen LogP) is 4.42. The largest absolute Gasteiger partial charge is 0.310 e. The van der Waals surface area contributed by atoms with E-state index in [0.717, 1.165) is 22.4 Å². The van der Waals surface area contributed by atoms with Crippen molar-refractivity contribution in [1.29, 1.82) is 0 Å². The number of nitrogens with one attached hydrogen (secondary N) is 1. The van der Waals surface area contributed by atoms with E-state index in [9.17, 15) is 0 Å². The number of thiazole rings is 1. The Balaban J connectivity index is 2.26. The van der Waals surface area contributed by atoms with Gasteiger partial charge in [-0.2, -0.15) is 0 Å². The van der Waals surface area contributed by atoms with Crippen molar-refractivity contribution in [3.63, 3.8) is 0 Å². The fourth-order valence-corrected chi connectivity index (χ4v) is 3.24. The minimum absolute atomic E-state index is 0.323. The molecule has 1 aromatic carbocycles. The average molecular weight is 339 g/mol. The topological polar surface area (TPSA) is 24.9 Å². The zero-order valence-electron chi connectivity index (χ0n) is 11.5. The molecule has 0 bridgehead atoms. The van der Waals surface area contributed by atoms with E-state index in [-0.39, 0.29) is 0 Å². The number of hydrogen-bond donors (Lipinski definition) is 1. The van der Waals surface area contributed by atoms with Crippen LogP contribution in [-0.4, -0.2) is 11.5 Å². The zero-order valence-corrected chi connectivity index (χ0v) is 13.9. The number of aromatic nitrogens is 1. The summed E-state index contributed by atoms with van der Waals surface area (Å²) in [5, 5.41) is 6.86. The molecular formula is C15H19BrN2S. The highest BCUT2D eigenvalue weighted by Crippen LogP contribution is 2.25. The van der Waals surface area contributed by atoms with Gasteiger partial charge in [-0.15, -0.1) is 11.3 Å². The Hall–Kier alpha value is -0.710. The number of hydrogen-bond acceptors (Lipinski definition) is 3. The van der Waals surface area contributed by atoms with Crippen LogP contribution >= 0.6 is 27.3 Å². The van der Waals surface area contributed by atoms with Crippen LogP contribution in [0.1, 0.15) is 34.8 Å². The minimum Gasteiger partial charge on any atom is -0.310 e. The fourth-order valence-electron chi connectivity index (χ4n) is 2.24. The van der Waals surface area contributed by atoms with Crippen LogP contribution in [0, 0.1) is 13.8 Å². The van der Waals surface area contributed by atoms with Crippen LogP contribution in [0.25, 0.3) is 0 Å². The Morgan fingerprint density at radius 2 is 2.16 bits per heavy atom. The van der Waals surface area contributed by atoms with E-state index in [1.807, 2.05) is 0 Å². The van der Waals surface area contributed by atoms with Crippen molar-refractivity contribution in [2.24, 2.45) is 0 Å². The molecule has 0 fully saturated rings. The second-order valence-corrected chi connectivity index (χ2v) is 6.65. The molecule has 2 rings (SSSR count). The highest BCUT2D eigenvalue weighted by molar-refractivity contribution is 9.10. The van der Waals surface area contributed by atoms with Gasteiger partial charge < -0.3 is 5.32 Å². The van der Waals surface area contributed by atoms with E-state index in [2.05, 4.69) is 70.6 Å². The smallest absolute Gasteiger partial charge is 0.0897 e. The normalized spacial score (nSPS) is 12.6. The first-order chi connectivity index (χ1) is 9.10. The SMILES string of the molecule is CCNC(Cc1csc(C)n1)c1cc(Br)ccc1C. The number of benzene rings is 1. The molecule has 0 aliphatic heterocycles. The van der Waals surface area contributed by atoms with Crippen LogP contribution < -0.4 is 5.32 Å². The highest BCUT2D eigenvalue weighted by atomic mass is 79.9. The van der Waals surface area contributed by atoms with Crippen LogP contribution in [0.3, 0.4) is 0 Å². The van der Waals surface area contributed by atoms with Gasteiger partial charge in [0.05, 0.1) is 10.7 Å². The van der Waals surface area contributed by atoms with E-state index >= 15 is 0 Å². The quantitative estimate of drug-likeness (QED) is 0.872. The summed E-state index contributed by atoms with van der Waals surface area (Å²) in [6, 6.07) is 6.79. The van der Waals surface area contributed by atoms with Crippen molar-refractivity contribution >= 4 is 27.3 Å². The molecule has 1 unspecified atom stereocenters. The lowest BCUT2D eigenvalue weighted by atomic mass is 9.98. The molecule has 0 saturated carbocycles. The van der Waals surface area contributed by atoms with Gasteiger partial charge in [0.2, 0.25) is 0 Å². The second kappa shape index (κ2) is 6.64. The lowest BCUT2D eigenvalue weighted by molar-refractivity contribution is 0.542. The average Bonchev–Trinajstić information content (AvgIpc) is 2.77. The summed E-state index contributed by atoms with van der Waals surface area (Å²) in [5.74, 6) is 0. The highest BCUT2D eigenvalue weighted by Gasteiger charge is 2.15. The molecule has 102 valence electrons. The second-order valence-electron chi connectivity index (χ2n) is 4.67. The fraction of sp³-hybridized carbons (Fsp3) is 0.400. The van der Waals surface area contributed by atoms with Crippen LogP contribution in [-0.2, 0) is 6.42 Å². The third-order valence-corrected chi connectivity index (χ3v) is 4.46. The Morgan fingerprint density at radius 1 is 1.37 bits per heavy atom. The van der Waals surface area contributed by atoms with E-state index < -0.39 is 0 Å². The van der Waals surface area contributed by atoms with Gasteiger partial charge in [-0.25, -0.2) is 4.98 Å². The first-order valence-electron chi connectivity index (χ1n) is 6.50. The van der Waals surface area contributed by atoms with Crippen LogP contribution in [0.4, 0.5) is 0 Å². The minimum atomic E-state index is 0.323. The molecule has 4 heteroatoms. The maximum Gasteiger partial charge on any atom is 0.0897 e. The maximum atomic E-state index is 4.58. The summed E-state index contributed by atoms with van der Waals surface area (Å²) in [4.78, 5) is 4.58. The van der Waals surface area contributed by atoms with Gasteiger partial charge in [0.1, 0.15) is 0 Å². The summed E-state index contributed by atoms with van der Waals surface area (Å²) >= 11 is 5.28. The predicted molar refractivity (Wildman–Crippen MR) is 85.9 cm³/mol. The van der Waals surface area contributed by atoms with Gasteiger partial charge in [0.15, 0.2) is 0 Å². The van der Waals surface area contributed by atoms with Crippen molar-refractivity contribution in [1.82, 2.24) is 10.3 Å². The van der Waals surface area contributed by atoms with Crippen molar-refractivity contribution in [2.45, 2.75) is 33.2 Å². The lowest BCUT2D eigenvalue weighted by Gasteiger charge is -2.20. The molecular weight excluding hydrogens is 320 g/mol. The standard InChI is InChI=1S/C15H19BrN2S/c1-4-17-15(8-13-9-19-11(3)18-13)14-7-12(16)6-5-10(14)2/h5-7,9,15,17H,4,8H2,1-3H3. The molecule has 0 spiro atoms. The van der Waals surface area contributed by atoms with Gasteiger partial charge in [0.25, 0.3) is 0 Å². The molecule has 2 aromatic rings. The van der Waals surface area contributed by atoms with Gasteiger partial charge in [-0.3, -0.25) is 0 Å². The van der Waals surface area contributed by atoms with Crippen molar-refractivity contribution in [3.05, 3.63) is 49.9 Å². The first-order valence-corrected chi connectivity index (χ1v) is 8.18. The third kappa shape index (κ3) is 3.88. The number of halogens is 1. The van der Waals surface area contributed by atoms with E-state index in [0.29, 0.717) is 6.04 Å². The molecule has 1 N–H and O–H groups in total. The van der Waals surface area contributed by atoms with Crippen molar-refractivity contribution in [3.8, 4) is 0 Å². The van der Waals surface area contributed by atoms with Crippen molar-refractivity contribution < 1.29 is 0 Å². The number of nitrogens with zero attached hydrogens (tertiary/aromatic N) is 1. The van der Waals surface area contributed by atoms with Gasteiger partial charge >= 0.3 is 0 Å². The molecule has 1 heterocycles. The molecule has 1 atom stereocenters. The lowest BCUT2D eigenvalue weighted by Crippen LogP contribution is -2.24. The Morgan fingerprint density at radius 3 is 2.79 bits per heavy atom. The Labute approximate surface area is 127 Å². The van der Waals surface area contributed by atoms with Crippen LogP contribution in [0.2, 0.25) is 0 Å². The maximum absolute atomic E-state index is 4.58. The number of rotatable bonds is 5. The monoisotopic (exact) mass is 338 g/mol. The molecule has 0 saturated heterocycles. The third-order valence-electron chi connectivity index (χ3n) is 3.15. The number of aryl methyl sites for hydroxylation is 2. The molecule has 0 radical (unpaired) electrons. The number of likely N-dealkylation sites (N-methyl/N-ethyl adjacent to an activating group) is 1. The van der Waals surface area contributed by atoms with Gasteiger partial charge in [-0.1, -0.05) is 28.9 Å². The van der Waals surface area contributed by atoms with Crippen LogP contribution in [0.5, 0.6) is 0 Å². The Kier molecular flexibility index (Phi) is 5.13. The molecule has 19 heavy (non-hydrogen) atoms. The van der Waals surface area contributed by atoms with Gasteiger partial charge in [0, 0.05) is 22.3 Å². The van der Waals surface area contributed by atoms with E-state index in [1.165, 1.54) is 16.8 Å². The molecule has 0 aliphatic carbocycles. The molecule has 1 aromatic heterocycles. The summed E-state index contributed by atoms with van der Waals surface area (Å²) in [6.45, 7) is 7.32. The molecule has 0 amide bonds. The zero-order chi connectivity index (χ0) is 13.8. The van der Waals surface area contributed by atoms with Crippen LogP contribution in [0.15, 0.2) is 28.1 Å². The van der Waals surface area contributed by atoms with E-state index in [4.69, 9.17) is 0 Å². The summed E-state index contributed by atoms with van der Waals surface area (Å²) in [6.07, 6.45) is 0.940. The van der Waals surface area contributed by atoms with Crippen molar-refractivity contribution in [2.75, 3.05) is 6.54 Å². The van der Waals surface area contributed by atoms with E-state index in [1.54, 1.807) is 11.3 Å². The summed E-state index contributed by atoms with van der Waals surface area (Å²) in [7, 11) is 0. The van der Waals surface area contributed by atoms with Gasteiger partial charge in [-0.05, 0) is 43.7 Å². The first kappa shape index (κ1) is 14.7.